The van der Waals surface area contributed by atoms with E-state index in [0.29, 0.717) is 12.6 Å². The van der Waals surface area contributed by atoms with Crippen LogP contribution in [0.3, 0.4) is 0 Å². The summed E-state index contributed by atoms with van der Waals surface area (Å²) in [4.78, 5) is 16.2. The van der Waals surface area contributed by atoms with Crippen molar-refractivity contribution < 1.29 is 0 Å². The van der Waals surface area contributed by atoms with Crippen LogP contribution in [-0.4, -0.2) is 35.8 Å². The maximum atomic E-state index is 4.47. The van der Waals surface area contributed by atoms with E-state index in [4.69, 9.17) is 0 Å². The number of aromatic amines is 1. The second kappa shape index (κ2) is 4.68. The molecule has 7 nitrogen and oxygen atoms in total. The largest absolute Gasteiger partial charge is 0.340 e. The zero-order valence-corrected chi connectivity index (χ0v) is 11.0. The van der Waals surface area contributed by atoms with Gasteiger partial charge in [0.1, 0.15) is 18.0 Å². The molecule has 20 heavy (non-hydrogen) atoms. The summed E-state index contributed by atoms with van der Waals surface area (Å²) < 4.78 is 1.97. The smallest absolute Gasteiger partial charge is 0.177 e. The molecule has 7 heteroatoms. The predicted octanol–water partition coefficient (Wildman–Crippen LogP) is 0.654. The van der Waals surface area contributed by atoms with E-state index in [2.05, 4.69) is 30.4 Å². The first-order valence-electron chi connectivity index (χ1n) is 6.78. The highest BCUT2D eigenvalue weighted by Gasteiger charge is 2.19. The number of pyridine rings is 1. The van der Waals surface area contributed by atoms with Crippen LogP contribution >= 0.6 is 0 Å². The number of nitrogens with zero attached hydrogens (tertiary/aromatic N) is 5. The molecule has 0 spiro atoms. The normalized spacial score (nSPS) is 18.3. The molecule has 0 bridgehead atoms. The van der Waals surface area contributed by atoms with E-state index in [1.807, 2.05) is 16.8 Å². The lowest BCUT2D eigenvalue weighted by atomic mass is 10.1. The molecule has 4 rings (SSSR count). The Bertz CT molecular complexity index is 696. The van der Waals surface area contributed by atoms with Crippen LogP contribution in [-0.2, 0) is 19.5 Å². The maximum Gasteiger partial charge on any atom is 0.177 e. The number of H-pyrrole nitrogens is 1. The van der Waals surface area contributed by atoms with Crippen LogP contribution < -0.4 is 5.32 Å². The fourth-order valence-electron chi connectivity index (χ4n) is 2.62. The summed E-state index contributed by atoms with van der Waals surface area (Å²) in [5.74, 6) is 2.00. The first kappa shape index (κ1) is 11.5. The Hall–Kier alpha value is -2.28. The fraction of sp³-hybridized carbons (Fsp3) is 0.385. The van der Waals surface area contributed by atoms with Gasteiger partial charge in [-0.15, -0.1) is 0 Å². The molecule has 3 aromatic heterocycles. The Morgan fingerprint density at radius 2 is 2.40 bits per heavy atom. The van der Waals surface area contributed by atoms with Gasteiger partial charge in [0.2, 0.25) is 0 Å². The number of hydrogen-bond donors (Lipinski definition) is 2. The van der Waals surface area contributed by atoms with Gasteiger partial charge in [0, 0.05) is 18.7 Å². The molecule has 2 N–H and O–H groups in total. The topological polar surface area (TPSA) is 84.3 Å². The highest BCUT2D eigenvalue weighted by molar-refractivity contribution is 5.69. The molecule has 1 aliphatic rings. The van der Waals surface area contributed by atoms with Crippen molar-refractivity contribution in [3.63, 3.8) is 0 Å². The molecule has 1 aliphatic heterocycles. The number of imidazole rings is 1. The molecular formula is C13H15N7. The van der Waals surface area contributed by atoms with Gasteiger partial charge in [-0.2, -0.15) is 5.10 Å². The van der Waals surface area contributed by atoms with Gasteiger partial charge >= 0.3 is 0 Å². The molecule has 1 atom stereocenters. The van der Waals surface area contributed by atoms with E-state index in [9.17, 15) is 0 Å². The number of hydrogen-bond acceptors (Lipinski definition) is 5. The Kier molecular flexibility index (Phi) is 2.70. The van der Waals surface area contributed by atoms with E-state index < -0.39 is 0 Å². The number of nitrogens with one attached hydrogen (secondary N) is 2. The van der Waals surface area contributed by atoms with E-state index in [-0.39, 0.29) is 0 Å². The summed E-state index contributed by atoms with van der Waals surface area (Å²) in [7, 11) is 0. The molecular weight excluding hydrogens is 254 g/mol. The Balaban J connectivity index is 1.43. The minimum atomic E-state index is 0.408. The molecule has 4 heterocycles. The van der Waals surface area contributed by atoms with E-state index in [1.54, 1.807) is 12.5 Å². The van der Waals surface area contributed by atoms with Crippen molar-refractivity contribution in [1.82, 2.24) is 35.0 Å². The Labute approximate surface area is 115 Å². The lowest BCUT2D eigenvalue weighted by Crippen LogP contribution is -2.37. The van der Waals surface area contributed by atoms with Crippen LogP contribution in [0.5, 0.6) is 0 Å². The maximum absolute atomic E-state index is 4.47. The van der Waals surface area contributed by atoms with Gasteiger partial charge in [-0.05, 0) is 18.6 Å². The van der Waals surface area contributed by atoms with Crippen molar-refractivity contribution in [2.24, 2.45) is 0 Å². The summed E-state index contributed by atoms with van der Waals surface area (Å²) in [6, 6.07) is 4.30. The number of rotatable bonds is 3. The average molecular weight is 269 g/mol. The molecule has 1 unspecified atom stereocenters. The Morgan fingerprint density at radius 3 is 3.35 bits per heavy atom. The highest BCUT2D eigenvalue weighted by atomic mass is 15.3. The first-order valence-corrected chi connectivity index (χ1v) is 6.78. The van der Waals surface area contributed by atoms with Crippen molar-refractivity contribution in [2.45, 2.75) is 32.0 Å². The molecule has 0 saturated carbocycles. The molecule has 0 radical (unpaired) electrons. The molecule has 0 aliphatic carbocycles. The van der Waals surface area contributed by atoms with Crippen LogP contribution in [0, 0.1) is 0 Å². The van der Waals surface area contributed by atoms with Crippen LogP contribution in [0.1, 0.15) is 18.1 Å². The summed E-state index contributed by atoms with van der Waals surface area (Å²) in [6.45, 7) is 1.58. The summed E-state index contributed by atoms with van der Waals surface area (Å²) in [6.07, 6.45) is 5.44. The van der Waals surface area contributed by atoms with Crippen LogP contribution in [0.25, 0.3) is 11.2 Å². The summed E-state index contributed by atoms with van der Waals surface area (Å²) in [5, 5.41) is 7.75. The predicted molar refractivity (Wildman–Crippen MR) is 72.9 cm³/mol. The molecule has 0 saturated heterocycles. The van der Waals surface area contributed by atoms with Gasteiger partial charge < -0.3 is 10.3 Å². The lowest BCUT2D eigenvalue weighted by molar-refractivity contribution is 0.356. The van der Waals surface area contributed by atoms with Gasteiger partial charge in [0.25, 0.3) is 0 Å². The molecule has 102 valence electrons. The second-order valence-corrected chi connectivity index (χ2v) is 5.03. The number of aryl methyl sites for hydroxylation is 1. The van der Waals surface area contributed by atoms with Crippen LogP contribution in [0.15, 0.2) is 24.7 Å². The minimum Gasteiger partial charge on any atom is -0.340 e. The summed E-state index contributed by atoms with van der Waals surface area (Å²) in [5.41, 5.74) is 1.75. The highest BCUT2D eigenvalue weighted by Crippen LogP contribution is 2.12. The van der Waals surface area contributed by atoms with Gasteiger partial charge in [-0.1, -0.05) is 0 Å². The van der Waals surface area contributed by atoms with Crippen LogP contribution in [0.2, 0.25) is 0 Å². The number of aromatic nitrogens is 6. The van der Waals surface area contributed by atoms with E-state index >= 15 is 0 Å². The van der Waals surface area contributed by atoms with Gasteiger partial charge in [0.05, 0.1) is 18.6 Å². The van der Waals surface area contributed by atoms with Gasteiger partial charge in [-0.3, -0.25) is 0 Å². The van der Waals surface area contributed by atoms with Crippen molar-refractivity contribution in [3.05, 3.63) is 36.3 Å². The van der Waals surface area contributed by atoms with Crippen LogP contribution in [0.4, 0.5) is 0 Å². The molecule has 0 amide bonds. The van der Waals surface area contributed by atoms with Crippen molar-refractivity contribution >= 4 is 11.2 Å². The van der Waals surface area contributed by atoms with Gasteiger partial charge in [-0.25, -0.2) is 19.6 Å². The van der Waals surface area contributed by atoms with E-state index in [0.717, 1.165) is 42.2 Å². The van der Waals surface area contributed by atoms with Crippen molar-refractivity contribution in [3.8, 4) is 0 Å². The molecule has 3 aromatic rings. The van der Waals surface area contributed by atoms with Gasteiger partial charge in [0.15, 0.2) is 5.65 Å². The summed E-state index contributed by atoms with van der Waals surface area (Å²) >= 11 is 0. The third kappa shape index (κ3) is 2.05. The monoisotopic (exact) mass is 269 g/mol. The minimum absolute atomic E-state index is 0.408. The average Bonchev–Trinajstić information content (AvgIpc) is 3.10. The third-order valence-electron chi connectivity index (χ3n) is 3.67. The SMILES string of the molecule is c1cnc2nc(CNC3CCc4ncnn4C3)[nH]c2c1. The molecule has 0 fully saturated rings. The first-order chi connectivity index (χ1) is 9.88. The second-order valence-electron chi connectivity index (χ2n) is 5.03. The standard InChI is InChI=1S/C13H15N7/c1-2-10-13(14-5-1)19-11(18-10)6-15-9-3-4-12-16-8-17-20(12)7-9/h1-2,5,8-9,15H,3-4,6-7H2,(H,14,18,19). The fourth-order valence-corrected chi connectivity index (χ4v) is 2.62. The Morgan fingerprint density at radius 1 is 1.40 bits per heavy atom. The molecule has 0 aromatic carbocycles. The third-order valence-corrected chi connectivity index (χ3v) is 3.67. The van der Waals surface area contributed by atoms with Crippen molar-refractivity contribution in [2.75, 3.05) is 0 Å². The lowest BCUT2D eigenvalue weighted by Gasteiger charge is -2.23. The van der Waals surface area contributed by atoms with Crippen molar-refractivity contribution in [1.29, 1.82) is 0 Å². The zero-order chi connectivity index (χ0) is 13.4. The number of fused-ring (bicyclic) bond motifs is 2. The van der Waals surface area contributed by atoms with E-state index in [1.165, 1.54) is 0 Å². The quantitative estimate of drug-likeness (QED) is 0.729. The zero-order valence-electron chi connectivity index (χ0n) is 11.0.